The second kappa shape index (κ2) is 7.64. The Morgan fingerprint density at radius 3 is 2.43 bits per heavy atom. The molecule has 128 valence electrons. The molecular formula is C22H34O. The number of benzene rings is 1. The molecular weight excluding hydrogens is 280 g/mol. The third-order valence-corrected chi connectivity index (χ3v) is 5.77. The van der Waals surface area contributed by atoms with Gasteiger partial charge in [0.2, 0.25) is 0 Å². The molecule has 0 spiro atoms. The first-order chi connectivity index (χ1) is 10.8. The third kappa shape index (κ3) is 4.46. The van der Waals surface area contributed by atoms with Crippen molar-refractivity contribution in [3.05, 3.63) is 34.9 Å². The zero-order chi connectivity index (χ0) is 17.1. The van der Waals surface area contributed by atoms with E-state index in [1.807, 2.05) is 0 Å². The molecule has 23 heavy (non-hydrogen) atoms. The lowest BCUT2D eigenvalue weighted by Gasteiger charge is -2.36. The number of hydrogen-bond acceptors (Lipinski definition) is 1. The van der Waals surface area contributed by atoms with Crippen molar-refractivity contribution < 1.29 is 4.79 Å². The Hall–Kier alpha value is -1.11. The summed E-state index contributed by atoms with van der Waals surface area (Å²) in [5, 5.41) is 0. The van der Waals surface area contributed by atoms with Gasteiger partial charge < -0.3 is 0 Å². The summed E-state index contributed by atoms with van der Waals surface area (Å²) in [6.07, 6.45) is 4.21. The van der Waals surface area contributed by atoms with E-state index in [1.54, 1.807) is 0 Å². The normalized spacial score (nSPS) is 25.1. The van der Waals surface area contributed by atoms with Gasteiger partial charge in [0, 0.05) is 12.3 Å². The van der Waals surface area contributed by atoms with Gasteiger partial charge in [-0.1, -0.05) is 59.2 Å². The first-order valence-electron chi connectivity index (χ1n) is 9.41. The monoisotopic (exact) mass is 314 g/mol. The number of hydrogen-bond donors (Lipinski definition) is 0. The summed E-state index contributed by atoms with van der Waals surface area (Å²) < 4.78 is 0. The summed E-state index contributed by atoms with van der Waals surface area (Å²) in [7, 11) is 0. The molecule has 1 heteroatoms. The number of Topliss-reactive ketones (excluding diaryl/α,β-unsaturated/α-hetero) is 1. The lowest BCUT2D eigenvalue weighted by atomic mass is 9.68. The second-order valence-electron chi connectivity index (χ2n) is 8.42. The van der Waals surface area contributed by atoms with E-state index in [9.17, 15) is 4.79 Å². The van der Waals surface area contributed by atoms with Gasteiger partial charge >= 0.3 is 0 Å². The van der Waals surface area contributed by atoms with E-state index < -0.39 is 0 Å². The molecule has 3 atom stereocenters. The molecule has 2 rings (SSSR count). The maximum absolute atomic E-state index is 13.0. The van der Waals surface area contributed by atoms with Crippen LogP contribution < -0.4 is 0 Å². The minimum atomic E-state index is 0.267. The van der Waals surface area contributed by atoms with Gasteiger partial charge in [0.25, 0.3) is 0 Å². The predicted molar refractivity (Wildman–Crippen MR) is 98.8 cm³/mol. The molecule has 0 heterocycles. The summed E-state index contributed by atoms with van der Waals surface area (Å²) in [5.41, 5.74) is 3.91. The zero-order valence-electron chi connectivity index (χ0n) is 15.9. The van der Waals surface area contributed by atoms with E-state index >= 15 is 0 Å². The molecule has 1 nitrogen and oxygen atoms in total. The first-order valence-corrected chi connectivity index (χ1v) is 9.41. The van der Waals surface area contributed by atoms with Crippen LogP contribution in [0.25, 0.3) is 0 Å². The third-order valence-electron chi connectivity index (χ3n) is 5.77. The van der Waals surface area contributed by atoms with Crippen molar-refractivity contribution in [2.45, 2.75) is 73.1 Å². The molecule has 1 aromatic carbocycles. The predicted octanol–water partition coefficient (Wildman–Crippen LogP) is 5.94. The van der Waals surface area contributed by atoms with Crippen molar-refractivity contribution in [2.24, 2.45) is 23.7 Å². The van der Waals surface area contributed by atoms with Gasteiger partial charge in [-0.3, -0.25) is 4.79 Å². The van der Waals surface area contributed by atoms with Crippen molar-refractivity contribution >= 4 is 5.78 Å². The van der Waals surface area contributed by atoms with Crippen LogP contribution in [0, 0.1) is 30.6 Å². The Labute approximate surface area is 142 Å². The Kier molecular flexibility index (Phi) is 6.06. The van der Waals surface area contributed by atoms with Crippen molar-refractivity contribution in [1.29, 1.82) is 0 Å². The maximum Gasteiger partial charge on any atom is 0.140 e. The van der Waals surface area contributed by atoms with Crippen LogP contribution in [0.1, 0.15) is 76.5 Å². The van der Waals surface area contributed by atoms with Crippen LogP contribution in [-0.4, -0.2) is 5.78 Å². The van der Waals surface area contributed by atoms with E-state index in [1.165, 1.54) is 29.5 Å². The Balaban J connectivity index is 2.12. The van der Waals surface area contributed by atoms with Gasteiger partial charge in [0.05, 0.1) is 0 Å². The van der Waals surface area contributed by atoms with E-state index in [2.05, 4.69) is 59.7 Å². The van der Waals surface area contributed by atoms with Crippen LogP contribution in [0.15, 0.2) is 18.2 Å². The average molecular weight is 315 g/mol. The fourth-order valence-electron chi connectivity index (χ4n) is 4.40. The highest BCUT2D eigenvalue weighted by Gasteiger charge is 2.34. The van der Waals surface area contributed by atoms with Gasteiger partial charge in [-0.15, -0.1) is 0 Å². The minimum Gasteiger partial charge on any atom is -0.299 e. The van der Waals surface area contributed by atoms with Crippen LogP contribution in [0.5, 0.6) is 0 Å². The van der Waals surface area contributed by atoms with Gasteiger partial charge in [-0.05, 0) is 60.1 Å². The molecule has 0 aliphatic heterocycles. The number of carbonyl (C=O) groups is 1. The zero-order valence-corrected chi connectivity index (χ0v) is 15.9. The van der Waals surface area contributed by atoms with Crippen LogP contribution in [-0.2, 0) is 11.2 Å². The number of aryl methyl sites for hydroxylation is 1. The molecule has 1 aliphatic rings. The summed E-state index contributed by atoms with van der Waals surface area (Å²) in [6.45, 7) is 13.5. The molecule has 0 radical (unpaired) electrons. The SMILES string of the molecule is Cc1cc(CC(=O)[C@@H]2C[C@H](C)CC[C@H]2C(C)C)ccc1C(C)C. The molecule has 0 saturated heterocycles. The topological polar surface area (TPSA) is 17.1 Å². The number of carbonyl (C=O) groups excluding carboxylic acids is 1. The van der Waals surface area contributed by atoms with Gasteiger partial charge in [-0.2, -0.15) is 0 Å². The van der Waals surface area contributed by atoms with E-state index in [4.69, 9.17) is 0 Å². The highest BCUT2D eigenvalue weighted by Crippen LogP contribution is 2.39. The van der Waals surface area contributed by atoms with Crippen LogP contribution in [0.2, 0.25) is 0 Å². The lowest BCUT2D eigenvalue weighted by Crippen LogP contribution is -2.34. The molecule has 0 aromatic heterocycles. The minimum absolute atomic E-state index is 0.267. The highest BCUT2D eigenvalue weighted by molar-refractivity contribution is 5.83. The number of ketones is 1. The van der Waals surface area contributed by atoms with Gasteiger partial charge in [0.15, 0.2) is 0 Å². The summed E-state index contributed by atoms with van der Waals surface area (Å²) in [4.78, 5) is 13.0. The Bertz CT molecular complexity index is 541. The lowest BCUT2D eigenvalue weighted by molar-refractivity contribution is -0.126. The van der Waals surface area contributed by atoms with Gasteiger partial charge in [-0.25, -0.2) is 0 Å². The molecule has 0 N–H and O–H groups in total. The fraction of sp³-hybridized carbons (Fsp3) is 0.682. The van der Waals surface area contributed by atoms with Crippen molar-refractivity contribution in [3.8, 4) is 0 Å². The first kappa shape index (κ1) is 18.2. The molecule has 0 amide bonds. The smallest absolute Gasteiger partial charge is 0.140 e. The highest BCUT2D eigenvalue weighted by atomic mass is 16.1. The van der Waals surface area contributed by atoms with E-state index in [0.717, 1.165) is 6.42 Å². The van der Waals surface area contributed by atoms with Crippen molar-refractivity contribution in [1.82, 2.24) is 0 Å². The van der Waals surface area contributed by atoms with E-state index in [0.29, 0.717) is 35.9 Å². The van der Waals surface area contributed by atoms with Gasteiger partial charge in [0.1, 0.15) is 5.78 Å². The fourth-order valence-corrected chi connectivity index (χ4v) is 4.40. The molecule has 0 unspecified atom stereocenters. The molecule has 1 fully saturated rings. The van der Waals surface area contributed by atoms with Crippen molar-refractivity contribution in [2.75, 3.05) is 0 Å². The Morgan fingerprint density at radius 1 is 1.17 bits per heavy atom. The number of rotatable bonds is 5. The van der Waals surface area contributed by atoms with Crippen LogP contribution in [0.4, 0.5) is 0 Å². The summed E-state index contributed by atoms with van der Waals surface area (Å²) in [6, 6.07) is 6.60. The maximum atomic E-state index is 13.0. The largest absolute Gasteiger partial charge is 0.299 e. The molecule has 1 saturated carbocycles. The van der Waals surface area contributed by atoms with Crippen LogP contribution in [0.3, 0.4) is 0 Å². The summed E-state index contributed by atoms with van der Waals surface area (Å²) >= 11 is 0. The average Bonchev–Trinajstić information content (AvgIpc) is 2.46. The van der Waals surface area contributed by atoms with Crippen molar-refractivity contribution in [3.63, 3.8) is 0 Å². The quantitative estimate of drug-likeness (QED) is 0.657. The Morgan fingerprint density at radius 2 is 1.87 bits per heavy atom. The summed E-state index contributed by atoms with van der Waals surface area (Å²) in [5.74, 6) is 3.17. The van der Waals surface area contributed by atoms with Crippen LogP contribution >= 0.6 is 0 Å². The standard InChI is InChI=1S/C22H34O/c1-14(2)19-10-8-18(12-17(19)6)13-22(23)21-11-16(5)7-9-20(21)15(3)4/h8,10,12,14-16,20-21H,7,9,11,13H2,1-6H3/t16-,20+,21-/m1/s1. The molecule has 0 bridgehead atoms. The van der Waals surface area contributed by atoms with E-state index in [-0.39, 0.29) is 5.92 Å². The second-order valence-corrected chi connectivity index (χ2v) is 8.42. The molecule has 1 aromatic rings. The molecule has 1 aliphatic carbocycles.